The summed E-state index contributed by atoms with van der Waals surface area (Å²) in [6.45, 7) is 5.11. The maximum atomic E-state index is 13.1. The SMILES string of the molecule is CC(C)c1cc(C(=O)N(C)CC2CCCCC2)c2ccccc2n1. The summed E-state index contributed by atoms with van der Waals surface area (Å²) in [4.78, 5) is 19.7. The van der Waals surface area contributed by atoms with Gasteiger partial charge in [0, 0.05) is 24.7 Å². The highest BCUT2D eigenvalue weighted by Gasteiger charge is 2.21. The van der Waals surface area contributed by atoms with Crippen LogP contribution < -0.4 is 0 Å². The van der Waals surface area contributed by atoms with Crippen molar-refractivity contribution in [2.75, 3.05) is 13.6 Å². The molecule has 128 valence electrons. The van der Waals surface area contributed by atoms with Crippen molar-refractivity contribution in [2.24, 2.45) is 5.92 Å². The molecule has 0 unspecified atom stereocenters. The molecule has 24 heavy (non-hydrogen) atoms. The van der Waals surface area contributed by atoms with E-state index in [4.69, 9.17) is 4.98 Å². The van der Waals surface area contributed by atoms with Gasteiger partial charge in [-0.25, -0.2) is 0 Å². The molecule has 0 atom stereocenters. The van der Waals surface area contributed by atoms with Gasteiger partial charge in [-0.1, -0.05) is 51.3 Å². The number of para-hydroxylation sites is 1. The molecule has 3 rings (SSSR count). The number of rotatable bonds is 4. The van der Waals surface area contributed by atoms with Crippen molar-refractivity contribution in [2.45, 2.75) is 51.9 Å². The maximum absolute atomic E-state index is 13.1. The number of carbonyl (C=O) groups excluding carboxylic acids is 1. The van der Waals surface area contributed by atoms with E-state index in [9.17, 15) is 4.79 Å². The van der Waals surface area contributed by atoms with Gasteiger partial charge in [-0.15, -0.1) is 0 Å². The van der Waals surface area contributed by atoms with Gasteiger partial charge in [-0.2, -0.15) is 0 Å². The first-order valence-electron chi connectivity index (χ1n) is 9.21. The van der Waals surface area contributed by atoms with Crippen LogP contribution in [-0.2, 0) is 0 Å². The molecule has 1 aliphatic carbocycles. The number of fused-ring (bicyclic) bond motifs is 1. The summed E-state index contributed by atoms with van der Waals surface area (Å²) in [7, 11) is 1.95. The largest absolute Gasteiger partial charge is 0.341 e. The lowest BCUT2D eigenvalue weighted by molar-refractivity contribution is 0.0762. The van der Waals surface area contributed by atoms with Gasteiger partial charge >= 0.3 is 0 Å². The lowest BCUT2D eigenvalue weighted by Crippen LogP contribution is -2.33. The summed E-state index contributed by atoms with van der Waals surface area (Å²) in [5.41, 5.74) is 2.70. The quantitative estimate of drug-likeness (QED) is 0.792. The average Bonchev–Trinajstić information content (AvgIpc) is 2.60. The summed E-state index contributed by atoms with van der Waals surface area (Å²) in [5.74, 6) is 1.09. The Balaban J connectivity index is 1.90. The molecule has 2 aromatic rings. The summed E-state index contributed by atoms with van der Waals surface area (Å²) in [5, 5.41) is 0.961. The van der Waals surface area contributed by atoms with Crippen molar-refractivity contribution in [3.8, 4) is 0 Å². The number of carbonyl (C=O) groups is 1. The Bertz CT molecular complexity index is 717. The Morgan fingerprint density at radius 3 is 2.62 bits per heavy atom. The molecule has 3 heteroatoms. The van der Waals surface area contributed by atoms with E-state index in [0.717, 1.165) is 28.7 Å². The topological polar surface area (TPSA) is 33.2 Å². The molecular weight excluding hydrogens is 296 g/mol. The van der Waals surface area contributed by atoms with Crippen molar-refractivity contribution >= 4 is 16.8 Å². The van der Waals surface area contributed by atoms with Gasteiger partial charge in [-0.05, 0) is 36.8 Å². The van der Waals surface area contributed by atoms with Crippen molar-refractivity contribution in [1.82, 2.24) is 9.88 Å². The maximum Gasteiger partial charge on any atom is 0.254 e. The van der Waals surface area contributed by atoms with Crippen LogP contribution in [0.3, 0.4) is 0 Å². The molecule has 1 heterocycles. The van der Waals surface area contributed by atoms with Crippen LogP contribution in [0.25, 0.3) is 10.9 Å². The Morgan fingerprint density at radius 1 is 1.21 bits per heavy atom. The van der Waals surface area contributed by atoms with Crippen molar-refractivity contribution in [3.05, 3.63) is 41.6 Å². The molecule has 1 aromatic carbocycles. The monoisotopic (exact) mass is 324 g/mol. The fourth-order valence-electron chi connectivity index (χ4n) is 3.71. The zero-order chi connectivity index (χ0) is 17.1. The van der Waals surface area contributed by atoms with Gasteiger partial charge in [-0.3, -0.25) is 9.78 Å². The highest BCUT2D eigenvalue weighted by molar-refractivity contribution is 6.06. The summed E-state index contributed by atoms with van der Waals surface area (Å²) < 4.78 is 0. The van der Waals surface area contributed by atoms with Gasteiger partial charge in [0.1, 0.15) is 0 Å². The molecule has 0 radical (unpaired) electrons. The van der Waals surface area contributed by atoms with Crippen LogP contribution in [0.5, 0.6) is 0 Å². The summed E-state index contributed by atoms with van der Waals surface area (Å²) >= 11 is 0. The van der Waals surface area contributed by atoms with E-state index in [1.54, 1.807) is 0 Å². The third-order valence-corrected chi connectivity index (χ3v) is 5.16. The van der Waals surface area contributed by atoms with Crippen molar-refractivity contribution < 1.29 is 4.79 Å². The van der Waals surface area contributed by atoms with Crippen LogP contribution in [0.15, 0.2) is 30.3 Å². The Labute approximate surface area is 145 Å². The Morgan fingerprint density at radius 2 is 1.92 bits per heavy atom. The van der Waals surface area contributed by atoms with Crippen LogP contribution in [-0.4, -0.2) is 29.4 Å². The van der Waals surface area contributed by atoms with Crippen LogP contribution in [0.2, 0.25) is 0 Å². The van der Waals surface area contributed by atoms with E-state index in [0.29, 0.717) is 11.8 Å². The molecule has 0 bridgehead atoms. The second-order valence-electron chi connectivity index (χ2n) is 7.46. The van der Waals surface area contributed by atoms with Crippen LogP contribution in [0.1, 0.15) is 67.9 Å². The highest BCUT2D eigenvalue weighted by atomic mass is 16.2. The second kappa shape index (κ2) is 7.33. The number of pyridine rings is 1. The predicted molar refractivity (Wildman–Crippen MR) is 99.4 cm³/mol. The molecule has 1 aliphatic rings. The van der Waals surface area contributed by atoms with Gasteiger partial charge in [0.25, 0.3) is 5.91 Å². The van der Waals surface area contributed by atoms with Crippen molar-refractivity contribution in [3.63, 3.8) is 0 Å². The zero-order valence-corrected chi connectivity index (χ0v) is 15.1. The third-order valence-electron chi connectivity index (χ3n) is 5.16. The van der Waals surface area contributed by atoms with Gasteiger partial charge < -0.3 is 4.90 Å². The highest BCUT2D eigenvalue weighted by Crippen LogP contribution is 2.26. The first-order chi connectivity index (χ1) is 11.6. The normalized spacial score (nSPS) is 15.8. The first-order valence-corrected chi connectivity index (χ1v) is 9.21. The first kappa shape index (κ1) is 16.9. The number of amides is 1. The molecule has 0 N–H and O–H groups in total. The molecule has 1 amide bonds. The van der Waals surface area contributed by atoms with E-state index in [1.165, 1.54) is 32.1 Å². The fraction of sp³-hybridized carbons (Fsp3) is 0.524. The van der Waals surface area contributed by atoms with E-state index >= 15 is 0 Å². The Hall–Kier alpha value is -1.90. The lowest BCUT2D eigenvalue weighted by atomic mass is 9.89. The van der Waals surface area contributed by atoms with Gasteiger partial charge in [0.15, 0.2) is 0 Å². The molecule has 0 aliphatic heterocycles. The van der Waals surface area contributed by atoms with Crippen LogP contribution in [0, 0.1) is 5.92 Å². The standard InChI is InChI=1S/C21H28N2O/c1-15(2)20-13-18(17-11-7-8-12-19(17)22-20)21(24)23(3)14-16-9-5-4-6-10-16/h7-8,11-13,15-16H,4-6,9-10,14H2,1-3H3. The minimum atomic E-state index is 0.126. The summed E-state index contributed by atoms with van der Waals surface area (Å²) in [6, 6.07) is 9.97. The molecular formula is C21H28N2O. The van der Waals surface area contributed by atoms with Gasteiger partial charge in [0.05, 0.1) is 11.1 Å². The number of hydrogen-bond donors (Lipinski definition) is 0. The average molecular weight is 324 g/mol. The number of hydrogen-bond acceptors (Lipinski definition) is 2. The fourth-order valence-corrected chi connectivity index (χ4v) is 3.71. The van der Waals surface area contributed by atoms with Gasteiger partial charge in [0.2, 0.25) is 0 Å². The molecule has 3 nitrogen and oxygen atoms in total. The van der Waals surface area contributed by atoms with E-state index in [1.807, 2.05) is 42.3 Å². The van der Waals surface area contributed by atoms with E-state index in [2.05, 4.69) is 13.8 Å². The molecule has 0 saturated heterocycles. The molecule has 1 saturated carbocycles. The minimum absolute atomic E-state index is 0.126. The number of benzene rings is 1. The van der Waals surface area contributed by atoms with E-state index in [-0.39, 0.29) is 5.91 Å². The van der Waals surface area contributed by atoms with E-state index < -0.39 is 0 Å². The number of nitrogens with zero attached hydrogens (tertiary/aromatic N) is 2. The molecule has 0 spiro atoms. The van der Waals surface area contributed by atoms with Crippen LogP contribution >= 0.6 is 0 Å². The molecule has 1 fully saturated rings. The number of aromatic nitrogens is 1. The lowest BCUT2D eigenvalue weighted by Gasteiger charge is -2.27. The predicted octanol–water partition coefficient (Wildman–Crippen LogP) is 5.01. The summed E-state index contributed by atoms with van der Waals surface area (Å²) in [6.07, 6.45) is 6.48. The van der Waals surface area contributed by atoms with Crippen molar-refractivity contribution in [1.29, 1.82) is 0 Å². The zero-order valence-electron chi connectivity index (χ0n) is 15.1. The second-order valence-corrected chi connectivity index (χ2v) is 7.46. The third kappa shape index (κ3) is 3.61. The minimum Gasteiger partial charge on any atom is -0.341 e. The smallest absolute Gasteiger partial charge is 0.254 e. The Kier molecular flexibility index (Phi) is 5.17. The molecule has 1 aromatic heterocycles. The van der Waals surface area contributed by atoms with Crippen LogP contribution in [0.4, 0.5) is 0 Å².